The topological polar surface area (TPSA) is 46.2 Å². The first-order valence-corrected chi connectivity index (χ1v) is 9.34. The number of sulfonamides is 1. The molecule has 5 heteroatoms. The Hall–Kier alpha value is -2.50. The first-order chi connectivity index (χ1) is 12.0. The molecule has 3 rings (SSSR count). The van der Waals surface area contributed by atoms with E-state index < -0.39 is 21.9 Å². The van der Waals surface area contributed by atoms with Gasteiger partial charge >= 0.3 is 0 Å². The van der Waals surface area contributed by atoms with Crippen molar-refractivity contribution in [3.63, 3.8) is 0 Å². The highest BCUT2D eigenvalue weighted by Gasteiger charge is 2.24. The maximum absolute atomic E-state index is 13.6. The quantitative estimate of drug-likeness (QED) is 0.745. The fourth-order valence-corrected chi connectivity index (χ4v) is 4.17. The number of aryl methyl sites for hydroxylation is 1. The Kier molecular flexibility index (Phi) is 4.97. The van der Waals surface area contributed by atoms with Crippen LogP contribution in [0.4, 0.5) is 4.39 Å². The predicted octanol–water partition coefficient (Wildman–Crippen LogP) is 4.20. The zero-order valence-electron chi connectivity index (χ0n) is 13.7. The van der Waals surface area contributed by atoms with Crippen LogP contribution in [0.15, 0.2) is 83.8 Å². The van der Waals surface area contributed by atoms with Crippen LogP contribution in [0.2, 0.25) is 0 Å². The van der Waals surface area contributed by atoms with Crippen LogP contribution in [0.25, 0.3) is 0 Å². The number of benzene rings is 3. The second kappa shape index (κ2) is 7.17. The van der Waals surface area contributed by atoms with Gasteiger partial charge in [0.15, 0.2) is 0 Å². The SMILES string of the molecule is Cc1ccc(F)cc1S(=O)(=O)NC(c1ccccc1)c1ccccc1. The third kappa shape index (κ3) is 3.95. The van der Waals surface area contributed by atoms with E-state index in [1.54, 1.807) is 6.92 Å². The summed E-state index contributed by atoms with van der Waals surface area (Å²) in [5, 5.41) is 0. The largest absolute Gasteiger partial charge is 0.241 e. The molecule has 25 heavy (non-hydrogen) atoms. The second-order valence-electron chi connectivity index (χ2n) is 5.79. The van der Waals surface area contributed by atoms with E-state index in [-0.39, 0.29) is 4.90 Å². The molecule has 1 N–H and O–H groups in total. The first kappa shape index (κ1) is 17.3. The van der Waals surface area contributed by atoms with Gasteiger partial charge in [-0.3, -0.25) is 0 Å². The summed E-state index contributed by atoms with van der Waals surface area (Å²) in [6.45, 7) is 1.65. The van der Waals surface area contributed by atoms with E-state index >= 15 is 0 Å². The van der Waals surface area contributed by atoms with Crippen molar-refractivity contribution in [3.05, 3.63) is 101 Å². The second-order valence-corrected chi connectivity index (χ2v) is 7.47. The summed E-state index contributed by atoms with van der Waals surface area (Å²) in [5.41, 5.74) is 2.12. The van der Waals surface area contributed by atoms with Gasteiger partial charge in [-0.25, -0.2) is 12.8 Å². The minimum atomic E-state index is -3.90. The molecule has 0 saturated heterocycles. The molecular formula is C20H18FNO2S. The monoisotopic (exact) mass is 355 g/mol. The van der Waals surface area contributed by atoms with E-state index in [0.29, 0.717) is 5.56 Å². The van der Waals surface area contributed by atoms with Gasteiger partial charge in [-0.15, -0.1) is 0 Å². The Bertz CT molecular complexity index is 918. The third-order valence-corrected chi connectivity index (χ3v) is 5.54. The van der Waals surface area contributed by atoms with E-state index in [0.717, 1.165) is 17.2 Å². The highest BCUT2D eigenvalue weighted by Crippen LogP contribution is 2.25. The lowest BCUT2D eigenvalue weighted by Gasteiger charge is -2.20. The number of hydrogen-bond donors (Lipinski definition) is 1. The molecule has 0 aromatic heterocycles. The summed E-state index contributed by atoms with van der Waals surface area (Å²) in [6.07, 6.45) is 0. The van der Waals surface area contributed by atoms with Crippen molar-refractivity contribution >= 4 is 10.0 Å². The average Bonchev–Trinajstić information content (AvgIpc) is 2.63. The van der Waals surface area contributed by atoms with E-state index in [2.05, 4.69) is 4.72 Å². The van der Waals surface area contributed by atoms with E-state index in [4.69, 9.17) is 0 Å². The summed E-state index contributed by atoms with van der Waals surface area (Å²) in [4.78, 5) is -0.0515. The molecule has 128 valence electrons. The Morgan fingerprint density at radius 1 is 0.840 bits per heavy atom. The molecule has 0 fully saturated rings. The van der Waals surface area contributed by atoms with Gasteiger partial charge in [-0.05, 0) is 35.7 Å². The van der Waals surface area contributed by atoms with Gasteiger partial charge in [0.2, 0.25) is 10.0 Å². The average molecular weight is 355 g/mol. The van der Waals surface area contributed by atoms with Crippen molar-refractivity contribution < 1.29 is 12.8 Å². The maximum atomic E-state index is 13.6. The summed E-state index contributed by atoms with van der Waals surface area (Å²) < 4.78 is 42.1. The normalized spacial score (nSPS) is 11.6. The molecule has 0 spiro atoms. The van der Waals surface area contributed by atoms with Crippen molar-refractivity contribution in [1.82, 2.24) is 4.72 Å². The Morgan fingerprint density at radius 3 is 1.88 bits per heavy atom. The van der Waals surface area contributed by atoms with Crippen molar-refractivity contribution in [1.29, 1.82) is 0 Å². The number of rotatable bonds is 5. The molecule has 0 heterocycles. The minimum Gasteiger partial charge on any atom is -0.207 e. The zero-order chi connectivity index (χ0) is 17.9. The minimum absolute atomic E-state index is 0.0515. The van der Waals surface area contributed by atoms with E-state index in [1.807, 2.05) is 60.7 Å². The van der Waals surface area contributed by atoms with Crippen LogP contribution >= 0.6 is 0 Å². The highest BCUT2D eigenvalue weighted by atomic mass is 32.2. The van der Waals surface area contributed by atoms with Gasteiger partial charge in [0.1, 0.15) is 5.82 Å². The van der Waals surface area contributed by atoms with Crippen molar-refractivity contribution in [2.45, 2.75) is 17.9 Å². The molecule has 0 aliphatic rings. The van der Waals surface area contributed by atoms with Gasteiger partial charge in [0.25, 0.3) is 0 Å². The van der Waals surface area contributed by atoms with Crippen LogP contribution in [0.1, 0.15) is 22.7 Å². The standard InChI is InChI=1S/C20H18FNO2S/c1-15-12-13-18(21)14-19(15)25(23,24)22-20(16-8-4-2-5-9-16)17-10-6-3-7-11-17/h2-14,20,22H,1H3. The van der Waals surface area contributed by atoms with Gasteiger partial charge < -0.3 is 0 Å². The molecule has 3 aromatic rings. The zero-order valence-corrected chi connectivity index (χ0v) is 14.5. The molecule has 0 bridgehead atoms. The summed E-state index contributed by atoms with van der Waals surface area (Å²) in [5.74, 6) is -0.582. The van der Waals surface area contributed by atoms with Crippen LogP contribution in [0.3, 0.4) is 0 Å². The summed E-state index contributed by atoms with van der Waals surface area (Å²) in [7, 11) is -3.90. The van der Waals surface area contributed by atoms with Crippen LogP contribution in [0.5, 0.6) is 0 Å². The van der Waals surface area contributed by atoms with Gasteiger partial charge in [-0.1, -0.05) is 66.7 Å². The Labute approximate surface area is 147 Å². The fourth-order valence-electron chi connectivity index (χ4n) is 2.70. The first-order valence-electron chi connectivity index (χ1n) is 7.86. The number of hydrogen-bond acceptors (Lipinski definition) is 2. The molecule has 0 radical (unpaired) electrons. The molecule has 0 saturated carbocycles. The van der Waals surface area contributed by atoms with Gasteiger partial charge in [0.05, 0.1) is 10.9 Å². The van der Waals surface area contributed by atoms with Gasteiger partial charge in [0, 0.05) is 0 Å². The van der Waals surface area contributed by atoms with E-state index in [1.165, 1.54) is 12.1 Å². The molecular weight excluding hydrogens is 337 g/mol. The smallest absolute Gasteiger partial charge is 0.207 e. The van der Waals surface area contributed by atoms with Crippen LogP contribution < -0.4 is 4.72 Å². The van der Waals surface area contributed by atoms with Crippen molar-refractivity contribution in [3.8, 4) is 0 Å². The number of nitrogens with one attached hydrogen (secondary N) is 1. The van der Waals surface area contributed by atoms with Crippen LogP contribution in [0, 0.1) is 12.7 Å². The van der Waals surface area contributed by atoms with Crippen LogP contribution in [-0.2, 0) is 10.0 Å². The van der Waals surface area contributed by atoms with E-state index in [9.17, 15) is 12.8 Å². The number of halogens is 1. The molecule has 3 nitrogen and oxygen atoms in total. The lowest BCUT2D eigenvalue weighted by Crippen LogP contribution is -2.30. The van der Waals surface area contributed by atoms with Crippen molar-refractivity contribution in [2.24, 2.45) is 0 Å². The van der Waals surface area contributed by atoms with Crippen LogP contribution in [-0.4, -0.2) is 8.42 Å². The molecule has 0 aliphatic heterocycles. The Balaban J connectivity index is 2.05. The molecule has 0 amide bonds. The lowest BCUT2D eigenvalue weighted by molar-refractivity contribution is 0.568. The maximum Gasteiger partial charge on any atom is 0.241 e. The molecule has 0 atom stereocenters. The fraction of sp³-hybridized carbons (Fsp3) is 0.100. The molecule has 0 unspecified atom stereocenters. The molecule has 0 aliphatic carbocycles. The summed E-state index contributed by atoms with van der Waals surface area (Å²) >= 11 is 0. The Morgan fingerprint density at radius 2 is 1.36 bits per heavy atom. The third-order valence-electron chi connectivity index (χ3n) is 3.98. The molecule has 3 aromatic carbocycles. The summed E-state index contributed by atoms with van der Waals surface area (Å²) in [6, 6.07) is 21.8. The van der Waals surface area contributed by atoms with Crippen molar-refractivity contribution in [2.75, 3.05) is 0 Å². The van der Waals surface area contributed by atoms with Gasteiger partial charge in [-0.2, -0.15) is 4.72 Å². The highest BCUT2D eigenvalue weighted by molar-refractivity contribution is 7.89. The predicted molar refractivity (Wildman–Crippen MR) is 96.2 cm³/mol. The lowest BCUT2D eigenvalue weighted by atomic mass is 10.00.